The van der Waals surface area contributed by atoms with E-state index in [0.717, 1.165) is 5.75 Å². The van der Waals surface area contributed by atoms with Gasteiger partial charge in [-0.15, -0.1) is 11.8 Å². The van der Waals surface area contributed by atoms with Crippen LogP contribution in [-0.4, -0.2) is 28.6 Å². The molecule has 1 saturated carbocycles. The fraction of sp³-hybridized carbons (Fsp3) is 0.588. The topological polar surface area (TPSA) is 20.3 Å². The first-order valence-corrected chi connectivity index (χ1v) is 8.66. The number of benzene rings is 1. The van der Waals surface area contributed by atoms with E-state index in [2.05, 4.69) is 30.9 Å². The molecule has 1 aromatic carbocycles. The van der Waals surface area contributed by atoms with Crippen LogP contribution in [0.4, 0.5) is 0 Å². The van der Waals surface area contributed by atoms with Crippen molar-refractivity contribution in [1.82, 2.24) is 4.90 Å². The van der Waals surface area contributed by atoms with Gasteiger partial charge in [-0.2, -0.15) is 0 Å². The molecule has 0 saturated heterocycles. The molecule has 1 aliphatic rings. The molecule has 1 amide bonds. The van der Waals surface area contributed by atoms with E-state index >= 15 is 0 Å². The summed E-state index contributed by atoms with van der Waals surface area (Å²) >= 11 is 1.77. The standard InChI is InChI=1S/C17H25NOS/c1-14(2)18(15-8-6-7-9-15)17(19)12-13-20-16-10-4-3-5-11-16/h3-5,10-11,14-15H,6-9,12-13H2,1-2H3. The lowest BCUT2D eigenvalue weighted by molar-refractivity contribution is -0.134. The molecule has 0 unspecified atom stereocenters. The number of amides is 1. The zero-order chi connectivity index (χ0) is 14.4. The van der Waals surface area contributed by atoms with E-state index in [9.17, 15) is 4.79 Å². The van der Waals surface area contributed by atoms with E-state index in [1.807, 2.05) is 18.2 Å². The Balaban J connectivity index is 1.82. The summed E-state index contributed by atoms with van der Waals surface area (Å²) in [4.78, 5) is 15.9. The van der Waals surface area contributed by atoms with E-state index in [4.69, 9.17) is 0 Å². The molecule has 2 rings (SSSR count). The Morgan fingerprint density at radius 1 is 1.25 bits per heavy atom. The summed E-state index contributed by atoms with van der Waals surface area (Å²) in [6, 6.07) is 11.1. The summed E-state index contributed by atoms with van der Waals surface area (Å²) in [5, 5.41) is 0. The predicted octanol–water partition coefficient (Wildman–Crippen LogP) is 4.35. The maximum atomic E-state index is 12.5. The maximum absolute atomic E-state index is 12.5. The number of rotatable bonds is 6. The average molecular weight is 291 g/mol. The third-order valence-electron chi connectivity index (χ3n) is 3.89. The van der Waals surface area contributed by atoms with Crippen molar-refractivity contribution in [1.29, 1.82) is 0 Å². The first kappa shape index (κ1) is 15.4. The van der Waals surface area contributed by atoms with Crippen LogP contribution in [0.15, 0.2) is 35.2 Å². The van der Waals surface area contributed by atoms with Crippen molar-refractivity contribution in [2.45, 2.75) is 62.9 Å². The number of hydrogen-bond donors (Lipinski definition) is 0. The van der Waals surface area contributed by atoms with Gasteiger partial charge in [0.1, 0.15) is 0 Å². The minimum atomic E-state index is 0.326. The van der Waals surface area contributed by atoms with Crippen molar-refractivity contribution in [2.24, 2.45) is 0 Å². The average Bonchev–Trinajstić information content (AvgIpc) is 2.93. The Bertz CT molecular complexity index is 412. The minimum absolute atomic E-state index is 0.326. The largest absolute Gasteiger partial charge is 0.337 e. The van der Waals surface area contributed by atoms with E-state index in [1.165, 1.54) is 30.6 Å². The summed E-state index contributed by atoms with van der Waals surface area (Å²) in [6.45, 7) is 4.28. The second-order valence-electron chi connectivity index (χ2n) is 5.74. The molecule has 0 atom stereocenters. The normalized spacial score (nSPS) is 15.8. The number of carbonyl (C=O) groups excluding carboxylic acids is 1. The Morgan fingerprint density at radius 3 is 2.50 bits per heavy atom. The van der Waals surface area contributed by atoms with Crippen LogP contribution in [0.2, 0.25) is 0 Å². The molecule has 0 bridgehead atoms. The summed E-state index contributed by atoms with van der Waals surface area (Å²) in [5.41, 5.74) is 0. The summed E-state index contributed by atoms with van der Waals surface area (Å²) in [6.07, 6.45) is 5.58. The van der Waals surface area contributed by atoms with E-state index < -0.39 is 0 Å². The first-order chi connectivity index (χ1) is 9.68. The Hall–Kier alpha value is -0.960. The van der Waals surface area contributed by atoms with Crippen LogP contribution in [-0.2, 0) is 4.79 Å². The van der Waals surface area contributed by atoms with E-state index in [0.29, 0.717) is 24.4 Å². The van der Waals surface area contributed by atoms with Gasteiger partial charge in [-0.1, -0.05) is 31.0 Å². The lowest BCUT2D eigenvalue weighted by Gasteiger charge is -2.33. The van der Waals surface area contributed by atoms with Gasteiger partial charge in [0.05, 0.1) is 0 Å². The Kier molecular flexibility index (Phi) is 5.96. The highest BCUT2D eigenvalue weighted by atomic mass is 32.2. The highest BCUT2D eigenvalue weighted by Crippen LogP contribution is 2.26. The first-order valence-electron chi connectivity index (χ1n) is 7.67. The lowest BCUT2D eigenvalue weighted by Crippen LogP contribution is -2.43. The number of nitrogens with zero attached hydrogens (tertiary/aromatic N) is 1. The summed E-state index contributed by atoms with van der Waals surface area (Å²) < 4.78 is 0. The van der Waals surface area contributed by atoms with E-state index in [-0.39, 0.29) is 0 Å². The smallest absolute Gasteiger partial charge is 0.223 e. The molecule has 110 valence electrons. The molecule has 1 aliphatic carbocycles. The molecule has 0 heterocycles. The maximum Gasteiger partial charge on any atom is 0.223 e. The molecule has 0 aromatic heterocycles. The van der Waals surface area contributed by atoms with Crippen LogP contribution in [0.5, 0.6) is 0 Å². The van der Waals surface area contributed by atoms with Gasteiger partial charge in [0.15, 0.2) is 0 Å². The van der Waals surface area contributed by atoms with Gasteiger partial charge >= 0.3 is 0 Å². The molecule has 0 N–H and O–H groups in total. The molecular formula is C17H25NOS. The molecule has 0 radical (unpaired) electrons. The van der Waals surface area contributed by atoms with Crippen molar-refractivity contribution >= 4 is 17.7 Å². The fourth-order valence-corrected chi connectivity index (χ4v) is 3.86. The molecular weight excluding hydrogens is 266 g/mol. The van der Waals surface area contributed by atoms with Crippen molar-refractivity contribution in [3.63, 3.8) is 0 Å². The number of thioether (sulfide) groups is 1. The Labute approximate surface area is 126 Å². The van der Waals surface area contributed by atoms with E-state index in [1.54, 1.807) is 11.8 Å². The molecule has 0 aliphatic heterocycles. The van der Waals surface area contributed by atoms with Crippen LogP contribution in [0.25, 0.3) is 0 Å². The van der Waals surface area contributed by atoms with Crippen LogP contribution in [0, 0.1) is 0 Å². The quantitative estimate of drug-likeness (QED) is 0.726. The third-order valence-corrected chi connectivity index (χ3v) is 4.90. The SMILES string of the molecule is CC(C)N(C(=O)CCSc1ccccc1)C1CCCC1. The lowest BCUT2D eigenvalue weighted by atomic mass is 10.1. The fourth-order valence-electron chi connectivity index (χ4n) is 3.00. The molecule has 1 fully saturated rings. The van der Waals surface area contributed by atoms with Crippen molar-refractivity contribution < 1.29 is 4.79 Å². The van der Waals surface area contributed by atoms with Gasteiger partial charge in [-0.3, -0.25) is 4.79 Å². The Morgan fingerprint density at radius 2 is 1.90 bits per heavy atom. The predicted molar refractivity (Wildman–Crippen MR) is 86.0 cm³/mol. The van der Waals surface area contributed by atoms with Crippen LogP contribution in [0.3, 0.4) is 0 Å². The van der Waals surface area contributed by atoms with Crippen molar-refractivity contribution in [3.05, 3.63) is 30.3 Å². The van der Waals surface area contributed by atoms with Gasteiger partial charge in [0.25, 0.3) is 0 Å². The zero-order valence-corrected chi connectivity index (χ0v) is 13.4. The van der Waals surface area contributed by atoms with Crippen LogP contribution < -0.4 is 0 Å². The van der Waals surface area contributed by atoms with Gasteiger partial charge in [-0.05, 0) is 38.8 Å². The van der Waals surface area contributed by atoms with Gasteiger partial charge in [0, 0.05) is 29.2 Å². The van der Waals surface area contributed by atoms with Crippen LogP contribution in [0.1, 0.15) is 46.0 Å². The second-order valence-corrected chi connectivity index (χ2v) is 6.91. The monoisotopic (exact) mass is 291 g/mol. The third kappa shape index (κ3) is 4.27. The van der Waals surface area contributed by atoms with Gasteiger partial charge in [0.2, 0.25) is 5.91 Å². The summed E-state index contributed by atoms with van der Waals surface area (Å²) in [7, 11) is 0. The number of carbonyl (C=O) groups is 1. The van der Waals surface area contributed by atoms with Crippen LogP contribution >= 0.6 is 11.8 Å². The van der Waals surface area contributed by atoms with Crippen molar-refractivity contribution in [3.8, 4) is 0 Å². The van der Waals surface area contributed by atoms with Gasteiger partial charge in [-0.25, -0.2) is 0 Å². The highest BCUT2D eigenvalue weighted by Gasteiger charge is 2.28. The molecule has 2 nitrogen and oxygen atoms in total. The summed E-state index contributed by atoms with van der Waals surface area (Å²) in [5.74, 6) is 1.20. The van der Waals surface area contributed by atoms with Gasteiger partial charge < -0.3 is 4.90 Å². The minimum Gasteiger partial charge on any atom is -0.337 e. The zero-order valence-electron chi connectivity index (χ0n) is 12.5. The molecule has 0 spiro atoms. The molecule has 3 heteroatoms. The number of hydrogen-bond acceptors (Lipinski definition) is 2. The van der Waals surface area contributed by atoms with Crippen molar-refractivity contribution in [2.75, 3.05) is 5.75 Å². The molecule has 20 heavy (non-hydrogen) atoms. The highest BCUT2D eigenvalue weighted by molar-refractivity contribution is 7.99. The molecule has 1 aromatic rings. The second kappa shape index (κ2) is 7.72.